The van der Waals surface area contributed by atoms with Gasteiger partial charge in [-0.25, -0.2) is 0 Å². The molecule has 0 aromatic heterocycles. The highest BCUT2D eigenvalue weighted by Gasteiger charge is 2.25. The summed E-state index contributed by atoms with van der Waals surface area (Å²) >= 11 is 0. The molecular weight excluding hydrogens is 182 g/mol. The van der Waals surface area contributed by atoms with Crippen LogP contribution >= 0.6 is 0 Å². The van der Waals surface area contributed by atoms with Crippen LogP contribution < -0.4 is 5.11 Å². The fraction of sp³-hybridized carbons (Fsp3) is 0.900. The summed E-state index contributed by atoms with van der Waals surface area (Å²) in [5, 5.41) is 15.3. The Kier molecular flexibility index (Phi) is 6.28. The van der Waals surface area contributed by atoms with Gasteiger partial charge in [0, 0.05) is 12.8 Å². The molecule has 1 heterocycles. The van der Waals surface area contributed by atoms with E-state index in [-0.39, 0.29) is 0 Å². The molecule has 1 saturated heterocycles. The largest absolute Gasteiger partial charge is 0.565 e. The van der Waals surface area contributed by atoms with Crippen molar-refractivity contribution < 1.29 is 19.5 Å². The van der Waals surface area contributed by atoms with E-state index in [0.717, 1.165) is 0 Å². The van der Waals surface area contributed by atoms with Crippen molar-refractivity contribution >= 4 is 6.16 Å². The highest BCUT2D eigenvalue weighted by Crippen LogP contribution is 2.16. The maximum Gasteiger partial charge on any atom is 0.249 e. The molecule has 0 aliphatic carbocycles. The highest BCUT2D eigenvalue weighted by molar-refractivity contribution is 5.50. The zero-order chi connectivity index (χ0) is 11.0. The van der Waals surface area contributed by atoms with Crippen molar-refractivity contribution in [1.29, 1.82) is 0 Å². The van der Waals surface area contributed by atoms with Crippen molar-refractivity contribution in [2.45, 2.75) is 32.6 Å². The third-order valence-corrected chi connectivity index (χ3v) is 2.70. The van der Waals surface area contributed by atoms with E-state index >= 15 is 0 Å². The fourth-order valence-electron chi connectivity index (χ4n) is 1.86. The molecule has 0 radical (unpaired) electrons. The summed E-state index contributed by atoms with van der Waals surface area (Å²) in [6.45, 7) is 6.55. The highest BCUT2D eigenvalue weighted by atomic mass is 16.6. The van der Waals surface area contributed by atoms with Gasteiger partial charge in [-0.2, -0.15) is 0 Å². The van der Waals surface area contributed by atoms with Crippen LogP contribution in [0.2, 0.25) is 0 Å². The second kappa shape index (κ2) is 6.65. The number of carboxylic acid groups (broad SMARTS) is 2. The second-order valence-corrected chi connectivity index (χ2v) is 4.12. The average Bonchev–Trinajstić information content (AvgIpc) is 2.48. The molecule has 14 heavy (non-hydrogen) atoms. The number of nitrogens with zero attached hydrogens (tertiary/aromatic N) is 1. The van der Waals surface area contributed by atoms with Crippen molar-refractivity contribution in [1.82, 2.24) is 0 Å². The van der Waals surface area contributed by atoms with Gasteiger partial charge in [0.25, 0.3) is 0 Å². The quantitative estimate of drug-likeness (QED) is 0.694. The minimum absolute atomic E-state index is 1.36. The van der Waals surface area contributed by atoms with Gasteiger partial charge < -0.3 is 19.5 Å². The van der Waals surface area contributed by atoms with E-state index in [2.05, 4.69) is 14.0 Å². The lowest BCUT2D eigenvalue weighted by Crippen LogP contribution is -2.41. The molecule has 1 fully saturated rings. The molecule has 1 rings (SSSR count). The summed E-state index contributed by atoms with van der Waals surface area (Å²) in [6, 6.07) is 0. The minimum atomic E-state index is -2.08. The van der Waals surface area contributed by atoms with Crippen molar-refractivity contribution in [2.75, 3.05) is 26.7 Å². The van der Waals surface area contributed by atoms with Crippen LogP contribution in [0.4, 0.5) is 4.79 Å². The fourth-order valence-corrected chi connectivity index (χ4v) is 1.86. The number of hydrogen-bond acceptors (Lipinski definition) is 2. The van der Waals surface area contributed by atoms with E-state index in [1.807, 2.05) is 0 Å². The van der Waals surface area contributed by atoms with Gasteiger partial charge in [0.15, 0.2) is 0 Å². The zero-order valence-corrected chi connectivity index (χ0v) is 9.16. The lowest BCUT2D eigenvalue weighted by Gasteiger charge is -2.28. The van der Waals surface area contributed by atoms with E-state index in [4.69, 9.17) is 15.0 Å². The molecule has 4 heteroatoms. The Morgan fingerprint density at radius 2 is 1.86 bits per heavy atom. The minimum Gasteiger partial charge on any atom is -0.565 e. The Labute approximate surface area is 85.7 Å². The third-order valence-electron chi connectivity index (χ3n) is 2.70. The van der Waals surface area contributed by atoms with Crippen LogP contribution in [0, 0.1) is 0 Å². The Hall–Kier alpha value is -0.770. The third kappa shape index (κ3) is 6.71. The van der Waals surface area contributed by atoms with Crippen LogP contribution in [0.5, 0.6) is 0 Å². The van der Waals surface area contributed by atoms with Crippen molar-refractivity contribution in [3.05, 3.63) is 0 Å². The number of carbonyl (C=O) groups is 1. The maximum atomic E-state index is 8.44. The summed E-state index contributed by atoms with van der Waals surface area (Å²) in [6.07, 6.45) is 3.60. The topological polar surface area (TPSA) is 60.4 Å². The van der Waals surface area contributed by atoms with Crippen LogP contribution in [0.1, 0.15) is 32.6 Å². The SMILES string of the molecule is CCCC[N+]1(C)CCCC1.O=C([O-])O. The number of unbranched alkanes of at least 4 members (excludes halogenated alkanes) is 1. The molecule has 0 atom stereocenters. The molecular formula is C10H21NO3. The summed E-state index contributed by atoms with van der Waals surface area (Å²) in [5.41, 5.74) is 0. The summed E-state index contributed by atoms with van der Waals surface area (Å²) in [4.78, 5) is 8.44. The van der Waals surface area contributed by atoms with Crippen LogP contribution in [-0.2, 0) is 0 Å². The number of quaternary nitrogens is 1. The van der Waals surface area contributed by atoms with E-state index in [1.165, 1.54) is 49.8 Å². The van der Waals surface area contributed by atoms with Crippen molar-refractivity contribution in [3.8, 4) is 0 Å². The predicted octanol–water partition coefficient (Wildman–Crippen LogP) is 0.915. The van der Waals surface area contributed by atoms with Crippen LogP contribution in [0.15, 0.2) is 0 Å². The Morgan fingerprint density at radius 1 is 1.43 bits per heavy atom. The molecule has 84 valence electrons. The number of rotatable bonds is 3. The van der Waals surface area contributed by atoms with Gasteiger partial charge in [0.05, 0.1) is 26.7 Å². The van der Waals surface area contributed by atoms with E-state index in [1.54, 1.807) is 0 Å². The molecule has 1 N–H and O–H groups in total. The molecule has 1 aliphatic heterocycles. The Balaban J connectivity index is 0.000000364. The Morgan fingerprint density at radius 3 is 2.21 bits per heavy atom. The molecule has 0 aromatic carbocycles. The van der Waals surface area contributed by atoms with Gasteiger partial charge in [-0.1, -0.05) is 13.3 Å². The first kappa shape index (κ1) is 13.2. The zero-order valence-electron chi connectivity index (χ0n) is 9.16. The molecule has 4 nitrogen and oxygen atoms in total. The predicted molar refractivity (Wildman–Crippen MR) is 53.0 cm³/mol. The molecule has 1 aliphatic rings. The lowest BCUT2D eigenvalue weighted by molar-refractivity contribution is -0.897. The summed E-state index contributed by atoms with van der Waals surface area (Å²) < 4.78 is 1.36. The first-order valence-corrected chi connectivity index (χ1v) is 5.23. The molecule has 0 unspecified atom stereocenters. The van der Waals surface area contributed by atoms with Gasteiger partial charge in [-0.15, -0.1) is 0 Å². The van der Waals surface area contributed by atoms with Gasteiger partial charge in [-0.05, 0) is 6.42 Å². The maximum absolute atomic E-state index is 8.44. The molecule has 0 spiro atoms. The smallest absolute Gasteiger partial charge is 0.249 e. The number of hydrogen-bond donors (Lipinski definition) is 1. The van der Waals surface area contributed by atoms with Gasteiger partial charge >= 0.3 is 0 Å². The van der Waals surface area contributed by atoms with E-state index in [0.29, 0.717) is 0 Å². The first-order valence-electron chi connectivity index (χ1n) is 5.23. The molecule has 0 amide bonds. The van der Waals surface area contributed by atoms with Crippen LogP contribution in [0.3, 0.4) is 0 Å². The standard InChI is InChI=1S/C9H20N.CH2O3/c1-3-4-7-10(2)8-5-6-9-10;2-1(3)4/h3-9H2,1-2H3;(H2,2,3,4)/q+1;/p-1. The van der Waals surface area contributed by atoms with Crippen LogP contribution in [-0.4, -0.2) is 42.4 Å². The lowest BCUT2D eigenvalue weighted by atomic mass is 10.3. The molecule has 0 saturated carbocycles. The summed E-state index contributed by atoms with van der Waals surface area (Å²) in [7, 11) is 2.41. The summed E-state index contributed by atoms with van der Waals surface area (Å²) in [5.74, 6) is 0. The second-order valence-electron chi connectivity index (χ2n) is 4.12. The van der Waals surface area contributed by atoms with Gasteiger partial charge in [-0.3, -0.25) is 0 Å². The normalized spacial score (nSPS) is 18.4. The van der Waals surface area contributed by atoms with Crippen LogP contribution in [0.25, 0.3) is 0 Å². The monoisotopic (exact) mass is 203 g/mol. The molecule has 0 bridgehead atoms. The van der Waals surface area contributed by atoms with E-state index < -0.39 is 6.16 Å². The van der Waals surface area contributed by atoms with Gasteiger partial charge in [0.2, 0.25) is 6.16 Å². The van der Waals surface area contributed by atoms with Crippen molar-refractivity contribution in [3.63, 3.8) is 0 Å². The number of likely N-dealkylation sites (tertiary alicyclic amines) is 1. The first-order chi connectivity index (χ1) is 6.50. The van der Waals surface area contributed by atoms with Gasteiger partial charge in [0.1, 0.15) is 0 Å². The average molecular weight is 203 g/mol. The molecule has 0 aromatic rings. The van der Waals surface area contributed by atoms with E-state index in [9.17, 15) is 0 Å². The Bertz CT molecular complexity index is 161. The van der Waals surface area contributed by atoms with Crippen molar-refractivity contribution in [2.24, 2.45) is 0 Å².